The van der Waals surface area contributed by atoms with Crippen LogP contribution in [0.15, 0.2) is 48.5 Å². The van der Waals surface area contributed by atoms with Crippen LogP contribution in [0.3, 0.4) is 0 Å². The molecule has 1 fully saturated rings. The Morgan fingerprint density at radius 1 is 1.00 bits per heavy atom. The van der Waals surface area contributed by atoms with Crippen molar-refractivity contribution in [1.82, 2.24) is 4.90 Å². The molecule has 3 rings (SSSR count). The minimum Gasteiger partial charge on any atom is -0.338 e. The van der Waals surface area contributed by atoms with Crippen LogP contribution < -0.4 is 0 Å². The maximum Gasteiger partial charge on any atom is 0.253 e. The number of carbonyl (C=O) groups excluding carboxylic acids is 2. The van der Waals surface area contributed by atoms with E-state index in [9.17, 15) is 14.0 Å². The third-order valence-electron chi connectivity index (χ3n) is 4.07. The summed E-state index contributed by atoms with van der Waals surface area (Å²) in [5, 5.41) is 0.576. The van der Waals surface area contributed by atoms with Gasteiger partial charge in [0.05, 0.1) is 0 Å². The number of hydrogen-bond acceptors (Lipinski definition) is 2. The number of rotatable bonds is 3. The zero-order valence-corrected chi connectivity index (χ0v) is 13.1. The number of halogens is 2. The molecule has 0 aliphatic carbocycles. The number of ketones is 1. The Morgan fingerprint density at radius 3 is 2.26 bits per heavy atom. The molecule has 1 aliphatic heterocycles. The van der Waals surface area contributed by atoms with Gasteiger partial charge in [-0.3, -0.25) is 9.59 Å². The van der Waals surface area contributed by atoms with Crippen LogP contribution >= 0.6 is 11.6 Å². The Labute approximate surface area is 138 Å². The molecule has 0 bridgehead atoms. The predicted octanol–water partition coefficient (Wildman–Crippen LogP) is 3.82. The Balaban J connectivity index is 1.68. The van der Waals surface area contributed by atoms with E-state index >= 15 is 0 Å². The average molecular weight is 332 g/mol. The number of carbonyl (C=O) groups is 2. The zero-order chi connectivity index (χ0) is 16.4. The minimum absolute atomic E-state index is 0.0450. The molecular weight excluding hydrogens is 317 g/mol. The summed E-state index contributed by atoms with van der Waals surface area (Å²) in [5.74, 6) is -0.753. The summed E-state index contributed by atoms with van der Waals surface area (Å²) in [6.45, 7) is 0.927. The van der Waals surface area contributed by atoms with Crippen molar-refractivity contribution in [2.75, 3.05) is 13.1 Å². The molecule has 3 nitrogen and oxygen atoms in total. The lowest BCUT2D eigenvalue weighted by molar-refractivity contribution is 0.0780. The Hall–Kier alpha value is -2.20. The van der Waals surface area contributed by atoms with Gasteiger partial charge in [-0.1, -0.05) is 11.6 Å². The molecule has 2 aromatic carbocycles. The van der Waals surface area contributed by atoms with Gasteiger partial charge in [0.1, 0.15) is 5.82 Å². The van der Waals surface area contributed by atoms with E-state index in [-0.39, 0.29) is 23.4 Å². The van der Waals surface area contributed by atoms with E-state index in [0.717, 1.165) is 0 Å². The van der Waals surface area contributed by atoms with Crippen LogP contribution in [0.4, 0.5) is 4.39 Å². The molecule has 1 heterocycles. The molecule has 0 saturated carbocycles. The number of Topliss-reactive ketones (excluding diaryl/α,β-unsaturated/α-hetero) is 1. The summed E-state index contributed by atoms with van der Waals surface area (Å²) in [6, 6.07) is 12.2. The summed E-state index contributed by atoms with van der Waals surface area (Å²) < 4.78 is 12.9. The smallest absolute Gasteiger partial charge is 0.253 e. The van der Waals surface area contributed by atoms with Gasteiger partial charge in [-0.05, 0) is 55.0 Å². The first-order valence-corrected chi connectivity index (χ1v) is 7.77. The topological polar surface area (TPSA) is 37.4 Å². The fraction of sp³-hybridized carbons (Fsp3) is 0.222. The highest BCUT2D eigenvalue weighted by Gasteiger charge is 2.31. The quantitative estimate of drug-likeness (QED) is 0.802. The lowest BCUT2D eigenvalue weighted by Gasteiger charge is -2.16. The number of benzene rings is 2. The minimum atomic E-state index is -0.368. The first-order chi connectivity index (χ1) is 11.0. The van der Waals surface area contributed by atoms with E-state index in [4.69, 9.17) is 11.6 Å². The molecule has 1 amide bonds. The summed E-state index contributed by atoms with van der Waals surface area (Å²) in [5.41, 5.74) is 1.04. The first kappa shape index (κ1) is 15.7. The number of nitrogens with zero attached hydrogens (tertiary/aromatic N) is 1. The van der Waals surface area contributed by atoms with Gasteiger partial charge in [-0.2, -0.15) is 0 Å². The lowest BCUT2D eigenvalue weighted by Crippen LogP contribution is -2.30. The van der Waals surface area contributed by atoms with Crippen LogP contribution in [0, 0.1) is 11.7 Å². The lowest BCUT2D eigenvalue weighted by atomic mass is 9.97. The van der Waals surface area contributed by atoms with E-state index in [1.165, 1.54) is 24.3 Å². The van der Waals surface area contributed by atoms with Crippen molar-refractivity contribution < 1.29 is 14.0 Å². The second kappa shape index (κ2) is 6.50. The van der Waals surface area contributed by atoms with Crippen molar-refractivity contribution in [2.24, 2.45) is 5.92 Å². The molecule has 1 atom stereocenters. The molecule has 0 radical (unpaired) electrons. The van der Waals surface area contributed by atoms with E-state index in [1.807, 2.05) is 0 Å². The normalized spacial score (nSPS) is 17.3. The van der Waals surface area contributed by atoms with E-state index < -0.39 is 0 Å². The zero-order valence-electron chi connectivity index (χ0n) is 12.3. The van der Waals surface area contributed by atoms with Gasteiger partial charge in [-0.15, -0.1) is 0 Å². The standard InChI is InChI=1S/C18H15ClFNO2/c19-15-5-1-13(2-6-15)18(23)21-10-9-14(11-21)17(22)12-3-7-16(20)8-4-12/h1-8,14H,9-11H2. The third-order valence-corrected chi connectivity index (χ3v) is 4.32. The molecule has 1 saturated heterocycles. The van der Waals surface area contributed by atoms with Crippen molar-refractivity contribution in [1.29, 1.82) is 0 Å². The van der Waals surface area contributed by atoms with Gasteiger partial charge >= 0.3 is 0 Å². The molecule has 118 valence electrons. The largest absolute Gasteiger partial charge is 0.338 e. The highest BCUT2D eigenvalue weighted by atomic mass is 35.5. The highest BCUT2D eigenvalue weighted by Crippen LogP contribution is 2.23. The van der Waals surface area contributed by atoms with Gasteiger partial charge in [-0.25, -0.2) is 4.39 Å². The first-order valence-electron chi connectivity index (χ1n) is 7.39. The van der Waals surface area contributed by atoms with Gasteiger partial charge in [0.2, 0.25) is 0 Å². The third kappa shape index (κ3) is 3.42. The molecule has 1 aliphatic rings. The maximum absolute atomic E-state index is 12.9. The van der Waals surface area contributed by atoms with E-state index in [1.54, 1.807) is 29.2 Å². The monoisotopic (exact) mass is 331 g/mol. The van der Waals surface area contributed by atoms with Crippen molar-refractivity contribution in [3.8, 4) is 0 Å². The van der Waals surface area contributed by atoms with Crippen molar-refractivity contribution in [3.63, 3.8) is 0 Å². The van der Waals surface area contributed by atoms with Gasteiger partial charge < -0.3 is 4.90 Å². The Bertz CT molecular complexity index is 664. The fourth-order valence-corrected chi connectivity index (χ4v) is 2.91. The molecule has 2 aromatic rings. The molecule has 0 N–H and O–H groups in total. The Morgan fingerprint density at radius 2 is 1.61 bits per heavy atom. The molecule has 1 unspecified atom stereocenters. The summed E-state index contributed by atoms with van der Waals surface area (Å²) >= 11 is 5.82. The molecule has 0 spiro atoms. The van der Waals surface area contributed by atoms with Crippen LogP contribution in [-0.4, -0.2) is 29.7 Å². The number of likely N-dealkylation sites (tertiary alicyclic amines) is 1. The van der Waals surface area contributed by atoms with E-state index in [2.05, 4.69) is 0 Å². The molecule has 0 aromatic heterocycles. The maximum atomic E-state index is 12.9. The van der Waals surface area contributed by atoms with Crippen molar-refractivity contribution in [3.05, 3.63) is 70.5 Å². The summed E-state index contributed by atoms with van der Waals surface area (Å²) in [4.78, 5) is 26.5. The van der Waals surface area contributed by atoms with Crippen LogP contribution in [0.1, 0.15) is 27.1 Å². The van der Waals surface area contributed by atoms with Crippen LogP contribution in [0.25, 0.3) is 0 Å². The van der Waals surface area contributed by atoms with Gasteiger partial charge in [0.15, 0.2) is 5.78 Å². The number of amides is 1. The predicted molar refractivity (Wildman–Crippen MR) is 86.2 cm³/mol. The fourth-order valence-electron chi connectivity index (χ4n) is 2.78. The summed E-state index contributed by atoms with van der Waals surface area (Å²) in [6.07, 6.45) is 0.621. The average Bonchev–Trinajstić information content (AvgIpc) is 3.05. The molecule has 23 heavy (non-hydrogen) atoms. The van der Waals surface area contributed by atoms with Crippen molar-refractivity contribution in [2.45, 2.75) is 6.42 Å². The molecule has 5 heteroatoms. The van der Waals surface area contributed by atoms with Crippen LogP contribution in [0.2, 0.25) is 5.02 Å². The SMILES string of the molecule is O=C(c1ccc(F)cc1)C1CCN(C(=O)c2ccc(Cl)cc2)C1. The second-order valence-electron chi connectivity index (χ2n) is 5.61. The van der Waals surface area contributed by atoms with Gasteiger partial charge in [0.25, 0.3) is 5.91 Å². The summed E-state index contributed by atoms with van der Waals surface area (Å²) in [7, 11) is 0. The number of hydrogen-bond donors (Lipinski definition) is 0. The highest BCUT2D eigenvalue weighted by molar-refractivity contribution is 6.30. The van der Waals surface area contributed by atoms with Crippen LogP contribution in [0.5, 0.6) is 0 Å². The van der Waals surface area contributed by atoms with E-state index in [0.29, 0.717) is 35.7 Å². The Kier molecular flexibility index (Phi) is 4.44. The van der Waals surface area contributed by atoms with Crippen molar-refractivity contribution >= 4 is 23.3 Å². The molecular formula is C18H15ClFNO2. The van der Waals surface area contributed by atoms with Crippen LogP contribution in [-0.2, 0) is 0 Å². The second-order valence-corrected chi connectivity index (χ2v) is 6.05. The van der Waals surface area contributed by atoms with Gasteiger partial charge in [0, 0.05) is 35.2 Å².